The van der Waals surface area contributed by atoms with Crippen LogP contribution in [0, 0.1) is 0 Å². The van der Waals surface area contributed by atoms with Gasteiger partial charge in [0.05, 0.1) is 21.9 Å². The quantitative estimate of drug-likeness (QED) is 0.758. The van der Waals surface area contributed by atoms with Crippen LogP contribution in [-0.2, 0) is 19.0 Å². The van der Waals surface area contributed by atoms with E-state index in [1.807, 2.05) is 39.8 Å². The minimum Gasteiger partial charge on any atom is -0.399 e. The molecule has 126 valence electrons. The number of rotatable bonds is 3. The summed E-state index contributed by atoms with van der Waals surface area (Å²) in [6, 6.07) is 5.37. The molecule has 1 aliphatic rings. The Morgan fingerprint density at radius 1 is 1.22 bits per heavy atom. The van der Waals surface area contributed by atoms with Crippen LogP contribution in [0.2, 0.25) is 5.02 Å². The molecular weight excluding hydrogens is 333 g/mol. The first-order chi connectivity index (χ1) is 10.3. The van der Waals surface area contributed by atoms with Gasteiger partial charge in [0.2, 0.25) is 0 Å². The molecule has 1 aromatic carbocycles. The minimum absolute atomic E-state index is 0.406. The van der Waals surface area contributed by atoms with Crippen LogP contribution in [-0.4, -0.2) is 35.0 Å². The van der Waals surface area contributed by atoms with E-state index in [2.05, 4.69) is 10.9 Å². The highest BCUT2D eigenvalue weighted by atomic mass is 35.5. The van der Waals surface area contributed by atoms with Crippen molar-refractivity contribution in [3.05, 3.63) is 35.4 Å². The average molecular weight is 356 g/mol. The van der Waals surface area contributed by atoms with Gasteiger partial charge in [-0.05, 0) is 44.8 Å². The van der Waals surface area contributed by atoms with Crippen molar-refractivity contribution < 1.29 is 13.5 Å². The van der Waals surface area contributed by atoms with Gasteiger partial charge in [0.25, 0.3) is 0 Å². The second-order valence-corrected chi connectivity index (χ2v) is 9.95. The molecule has 4 nitrogen and oxygen atoms in total. The maximum atomic E-state index is 11.9. The Kier molecular flexibility index (Phi) is 4.77. The predicted molar refractivity (Wildman–Crippen MR) is 98.6 cm³/mol. The Labute approximate surface area is 144 Å². The lowest BCUT2D eigenvalue weighted by atomic mass is 9.75. The lowest BCUT2D eigenvalue weighted by Gasteiger charge is -2.32. The van der Waals surface area contributed by atoms with E-state index in [1.54, 1.807) is 18.6 Å². The molecule has 0 saturated carbocycles. The van der Waals surface area contributed by atoms with E-state index < -0.39 is 28.0 Å². The van der Waals surface area contributed by atoms with E-state index in [9.17, 15) is 4.21 Å². The lowest BCUT2D eigenvalue weighted by Crippen LogP contribution is -2.41. The summed E-state index contributed by atoms with van der Waals surface area (Å²) in [5, 5.41) is 0.406. The van der Waals surface area contributed by atoms with Crippen LogP contribution in [0.5, 0.6) is 0 Å². The van der Waals surface area contributed by atoms with Gasteiger partial charge >= 0.3 is 7.12 Å². The Hall–Kier alpha value is -0.815. The average Bonchev–Trinajstić information content (AvgIpc) is 2.59. The fraction of sp³-hybridized carbons (Fsp3) is 0.500. The molecule has 0 aromatic heterocycles. The highest BCUT2D eigenvalue weighted by Gasteiger charge is 2.52. The third-order valence-corrected chi connectivity index (χ3v) is 5.21. The number of hydrogen-bond donors (Lipinski definition) is 0. The standard InChI is InChI=1S/C16H23BClNO3S/c1-11(17-21-15(2,3)16(4,5)22-17)12-9-8-10-13(14(12)18)19-23(6,7)20/h8-10H,1H2,2-7H3. The molecule has 23 heavy (non-hydrogen) atoms. The number of hydrogen-bond acceptors (Lipinski definition) is 4. The second-order valence-electron chi connectivity index (χ2n) is 7.02. The molecule has 1 aromatic rings. The summed E-state index contributed by atoms with van der Waals surface area (Å²) in [6.07, 6.45) is 3.14. The zero-order valence-electron chi connectivity index (χ0n) is 14.5. The Morgan fingerprint density at radius 2 is 1.74 bits per heavy atom. The highest BCUT2D eigenvalue weighted by Crippen LogP contribution is 2.42. The molecule has 1 aliphatic heterocycles. The third kappa shape index (κ3) is 3.82. The molecule has 1 heterocycles. The highest BCUT2D eigenvalue weighted by molar-refractivity contribution is 7.92. The molecule has 2 rings (SSSR count). The molecule has 0 N–H and O–H groups in total. The van der Waals surface area contributed by atoms with Crippen LogP contribution in [0.4, 0.5) is 5.69 Å². The number of halogens is 1. The number of benzene rings is 1. The zero-order valence-corrected chi connectivity index (χ0v) is 16.0. The minimum atomic E-state index is -2.30. The largest absolute Gasteiger partial charge is 0.494 e. The van der Waals surface area contributed by atoms with Crippen molar-refractivity contribution in [1.82, 2.24) is 0 Å². The summed E-state index contributed by atoms with van der Waals surface area (Å²) < 4.78 is 28.1. The first-order valence-electron chi connectivity index (χ1n) is 7.34. The van der Waals surface area contributed by atoms with Crippen molar-refractivity contribution in [2.24, 2.45) is 4.36 Å². The summed E-state index contributed by atoms with van der Waals surface area (Å²) in [6.45, 7) is 12.0. The molecule has 7 heteroatoms. The summed E-state index contributed by atoms with van der Waals surface area (Å²) in [5.74, 6) is 0. The van der Waals surface area contributed by atoms with Gasteiger partial charge in [-0.1, -0.05) is 30.3 Å². The van der Waals surface area contributed by atoms with E-state index >= 15 is 0 Å². The van der Waals surface area contributed by atoms with Gasteiger partial charge in [0.1, 0.15) is 0 Å². The van der Waals surface area contributed by atoms with Gasteiger partial charge in [-0.2, -0.15) is 4.36 Å². The van der Waals surface area contributed by atoms with Crippen molar-refractivity contribution in [3.63, 3.8) is 0 Å². The lowest BCUT2D eigenvalue weighted by molar-refractivity contribution is 0.00578. The maximum absolute atomic E-state index is 11.9. The first-order valence-corrected chi connectivity index (χ1v) is 10.1. The Balaban J connectivity index is 2.39. The van der Waals surface area contributed by atoms with Crippen LogP contribution < -0.4 is 0 Å². The maximum Gasteiger partial charge on any atom is 0.494 e. The molecule has 0 spiro atoms. The first kappa shape index (κ1) is 18.5. The summed E-state index contributed by atoms with van der Waals surface area (Å²) in [5.41, 5.74) is 0.906. The predicted octanol–water partition coefficient (Wildman–Crippen LogP) is 4.34. The van der Waals surface area contributed by atoms with Gasteiger partial charge in [0.15, 0.2) is 0 Å². The molecule has 0 aliphatic carbocycles. The van der Waals surface area contributed by atoms with Gasteiger partial charge < -0.3 is 9.31 Å². The van der Waals surface area contributed by atoms with E-state index in [1.165, 1.54) is 0 Å². The summed E-state index contributed by atoms with van der Waals surface area (Å²) in [4.78, 5) is 0. The molecule has 0 bridgehead atoms. The third-order valence-electron chi connectivity index (χ3n) is 4.18. The van der Waals surface area contributed by atoms with E-state index in [0.29, 0.717) is 21.7 Å². The van der Waals surface area contributed by atoms with Crippen molar-refractivity contribution in [1.29, 1.82) is 0 Å². The fourth-order valence-electron chi connectivity index (χ4n) is 2.19. The topological polar surface area (TPSA) is 47.9 Å². The molecule has 0 radical (unpaired) electrons. The monoisotopic (exact) mass is 355 g/mol. The molecule has 0 unspecified atom stereocenters. The molecular formula is C16H23BClNO3S. The molecule has 1 saturated heterocycles. The van der Waals surface area contributed by atoms with Gasteiger partial charge in [0, 0.05) is 22.2 Å². The van der Waals surface area contributed by atoms with Crippen LogP contribution in [0.15, 0.2) is 29.1 Å². The van der Waals surface area contributed by atoms with Crippen LogP contribution in [0.1, 0.15) is 33.3 Å². The zero-order chi connectivity index (χ0) is 17.6. The van der Waals surface area contributed by atoms with Crippen LogP contribution in [0.25, 0.3) is 5.47 Å². The van der Waals surface area contributed by atoms with Crippen molar-refractivity contribution in [2.45, 2.75) is 38.9 Å². The van der Waals surface area contributed by atoms with Gasteiger partial charge in [-0.25, -0.2) is 4.21 Å². The Morgan fingerprint density at radius 3 is 2.22 bits per heavy atom. The van der Waals surface area contributed by atoms with Crippen LogP contribution >= 0.6 is 11.6 Å². The normalized spacial score (nSPS) is 19.7. The van der Waals surface area contributed by atoms with Crippen molar-refractivity contribution in [3.8, 4) is 0 Å². The Bertz CT molecular complexity index is 743. The van der Waals surface area contributed by atoms with E-state index in [-0.39, 0.29) is 0 Å². The molecule has 0 amide bonds. The fourth-order valence-corrected chi connectivity index (χ4v) is 3.15. The van der Waals surface area contributed by atoms with Crippen LogP contribution in [0.3, 0.4) is 0 Å². The SMILES string of the molecule is C=C(B1OC(C)(C)C(C)(C)O1)c1cccc(N=S(C)(C)=O)c1Cl. The second kappa shape index (κ2) is 5.92. The van der Waals surface area contributed by atoms with E-state index in [4.69, 9.17) is 20.9 Å². The van der Waals surface area contributed by atoms with Crippen molar-refractivity contribution in [2.75, 3.05) is 12.5 Å². The van der Waals surface area contributed by atoms with E-state index in [0.717, 1.165) is 0 Å². The van der Waals surface area contributed by atoms with Gasteiger partial charge in [-0.3, -0.25) is 0 Å². The molecule has 0 atom stereocenters. The van der Waals surface area contributed by atoms with Gasteiger partial charge in [-0.15, -0.1) is 0 Å². The van der Waals surface area contributed by atoms with Crippen molar-refractivity contribution >= 4 is 39.6 Å². The number of nitrogens with zero attached hydrogens (tertiary/aromatic N) is 1. The smallest absolute Gasteiger partial charge is 0.399 e. The molecule has 1 fully saturated rings. The summed E-state index contributed by atoms with van der Waals surface area (Å²) in [7, 11) is -2.88. The summed E-state index contributed by atoms with van der Waals surface area (Å²) >= 11 is 6.44.